The maximum Gasteiger partial charge on any atom is 0.166 e. The van der Waals surface area contributed by atoms with Gasteiger partial charge in [-0.1, -0.05) is 5.16 Å². The van der Waals surface area contributed by atoms with E-state index in [4.69, 9.17) is 15.4 Å². The Hall–Kier alpha value is -0.870. The van der Waals surface area contributed by atoms with E-state index in [1.807, 2.05) is 0 Å². The highest BCUT2D eigenvalue weighted by atomic mass is 16.5. The minimum Gasteiger partial charge on any atom is -0.384 e. The Morgan fingerprint density at radius 1 is 1.90 bits per heavy atom. The van der Waals surface area contributed by atoms with Gasteiger partial charge in [-0.05, 0) is 6.92 Å². The molecule has 1 atom stereocenters. The molecule has 1 heterocycles. The van der Waals surface area contributed by atoms with Crippen molar-refractivity contribution in [1.29, 1.82) is 0 Å². The molecule has 0 aliphatic carbocycles. The van der Waals surface area contributed by atoms with Gasteiger partial charge in [0.2, 0.25) is 0 Å². The number of hydrogen-bond acceptors (Lipinski definition) is 4. The smallest absolute Gasteiger partial charge is 0.166 e. The summed E-state index contributed by atoms with van der Waals surface area (Å²) in [6.07, 6.45) is -0.721. The highest BCUT2D eigenvalue weighted by Gasteiger charge is 2.09. The van der Waals surface area contributed by atoms with Crippen LogP contribution in [0, 0.1) is 6.92 Å². The third-order valence-electron chi connectivity index (χ3n) is 1.20. The van der Waals surface area contributed by atoms with Crippen molar-refractivity contribution in [3.05, 3.63) is 17.5 Å². The van der Waals surface area contributed by atoms with Gasteiger partial charge in [-0.15, -0.1) is 0 Å². The summed E-state index contributed by atoms with van der Waals surface area (Å²) in [4.78, 5) is 0. The SMILES string of the molecule is Cc1cc(C(O)CN)on1. The van der Waals surface area contributed by atoms with Crippen LogP contribution in [0.4, 0.5) is 0 Å². The summed E-state index contributed by atoms with van der Waals surface area (Å²) in [5.41, 5.74) is 5.93. The number of aromatic nitrogens is 1. The summed E-state index contributed by atoms with van der Waals surface area (Å²) in [5.74, 6) is 0.431. The average Bonchev–Trinajstić information content (AvgIpc) is 2.34. The summed E-state index contributed by atoms with van der Waals surface area (Å²) < 4.78 is 4.74. The Labute approximate surface area is 58.6 Å². The maximum atomic E-state index is 9.08. The minimum atomic E-state index is -0.721. The first-order chi connectivity index (χ1) is 4.74. The van der Waals surface area contributed by atoms with Gasteiger partial charge in [-0.3, -0.25) is 0 Å². The largest absolute Gasteiger partial charge is 0.384 e. The number of rotatable bonds is 2. The number of aliphatic hydroxyl groups excluding tert-OH is 1. The molecule has 10 heavy (non-hydrogen) atoms. The normalized spacial score (nSPS) is 13.5. The van der Waals surface area contributed by atoms with Gasteiger partial charge in [-0.2, -0.15) is 0 Å². The molecule has 56 valence electrons. The molecule has 1 aromatic rings. The van der Waals surface area contributed by atoms with Gasteiger partial charge >= 0.3 is 0 Å². The van der Waals surface area contributed by atoms with Crippen LogP contribution in [0.1, 0.15) is 17.6 Å². The van der Waals surface area contributed by atoms with E-state index in [0.29, 0.717) is 5.76 Å². The Morgan fingerprint density at radius 3 is 3.00 bits per heavy atom. The molecule has 0 aromatic carbocycles. The fourth-order valence-electron chi connectivity index (χ4n) is 0.656. The molecule has 0 bridgehead atoms. The van der Waals surface area contributed by atoms with E-state index in [1.54, 1.807) is 13.0 Å². The van der Waals surface area contributed by atoms with Gasteiger partial charge in [0.05, 0.1) is 5.69 Å². The van der Waals surface area contributed by atoms with Crippen molar-refractivity contribution in [1.82, 2.24) is 5.16 Å². The summed E-state index contributed by atoms with van der Waals surface area (Å²) in [6, 6.07) is 1.66. The minimum absolute atomic E-state index is 0.161. The zero-order valence-electron chi connectivity index (χ0n) is 5.74. The third kappa shape index (κ3) is 1.34. The van der Waals surface area contributed by atoms with Crippen molar-refractivity contribution in [2.24, 2.45) is 5.73 Å². The number of nitrogens with two attached hydrogens (primary N) is 1. The van der Waals surface area contributed by atoms with E-state index in [9.17, 15) is 0 Å². The molecule has 1 unspecified atom stereocenters. The summed E-state index contributed by atoms with van der Waals surface area (Å²) in [6.45, 7) is 1.95. The van der Waals surface area contributed by atoms with Crippen LogP contribution in [-0.4, -0.2) is 16.8 Å². The van der Waals surface area contributed by atoms with Crippen LogP contribution in [0.3, 0.4) is 0 Å². The predicted molar refractivity (Wildman–Crippen MR) is 35.3 cm³/mol. The van der Waals surface area contributed by atoms with Crippen molar-refractivity contribution in [3.63, 3.8) is 0 Å². The lowest BCUT2D eigenvalue weighted by molar-refractivity contribution is 0.147. The molecule has 0 fully saturated rings. The van der Waals surface area contributed by atoms with Gasteiger partial charge in [0.15, 0.2) is 5.76 Å². The average molecular weight is 142 g/mol. The van der Waals surface area contributed by atoms with Crippen molar-refractivity contribution < 1.29 is 9.63 Å². The van der Waals surface area contributed by atoms with Crippen LogP contribution in [0.25, 0.3) is 0 Å². The van der Waals surface area contributed by atoms with Gasteiger partial charge in [0, 0.05) is 12.6 Å². The number of hydrogen-bond donors (Lipinski definition) is 2. The molecule has 0 saturated heterocycles. The molecule has 0 aliphatic heterocycles. The van der Waals surface area contributed by atoms with Gasteiger partial charge < -0.3 is 15.4 Å². The highest BCUT2D eigenvalue weighted by molar-refractivity contribution is 5.05. The molecular formula is C6H10N2O2. The van der Waals surface area contributed by atoms with Crippen molar-refractivity contribution in [3.8, 4) is 0 Å². The summed E-state index contributed by atoms with van der Waals surface area (Å²) >= 11 is 0. The second-order valence-corrected chi connectivity index (χ2v) is 2.12. The molecule has 4 heteroatoms. The lowest BCUT2D eigenvalue weighted by atomic mass is 10.2. The Morgan fingerprint density at radius 2 is 2.60 bits per heavy atom. The Balaban J connectivity index is 2.74. The highest BCUT2D eigenvalue weighted by Crippen LogP contribution is 2.11. The van der Waals surface area contributed by atoms with Crippen molar-refractivity contribution in [2.45, 2.75) is 13.0 Å². The van der Waals surface area contributed by atoms with Crippen LogP contribution in [0.2, 0.25) is 0 Å². The lowest BCUT2D eigenvalue weighted by Gasteiger charge is -1.99. The monoisotopic (exact) mass is 142 g/mol. The number of nitrogens with zero attached hydrogens (tertiary/aromatic N) is 1. The predicted octanol–water partition coefficient (Wildman–Crippen LogP) is -0.0249. The van der Waals surface area contributed by atoms with Crippen molar-refractivity contribution in [2.75, 3.05) is 6.54 Å². The van der Waals surface area contributed by atoms with E-state index < -0.39 is 6.10 Å². The van der Waals surface area contributed by atoms with E-state index in [0.717, 1.165) is 5.69 Å². The number of aliphatic hydroxyl groups is 1. The molecule has 1 rings (SSSR count). The van der Waals surface area contributed by atoms with E-state index in [1.165, 1.54) is 0 Å². The topological polar surface area (TPSA) is 72.3 Å². The first-order valence-corrected chi connectivity index (χ1v) is 3.05. The first kappa shape index (κ1) is 7.24. The van der Waals surface area contributed by atoms with Gasteiger partial charge in [-0.25, -0.2) is 0 Å². The second kappa shape index (κ2) is 2.81. The van der Waals surface area contributed by atoms with Gasteiger partial charge in [0.1, 0.15) is 6.10 Å². The Bertz CT molecular complexity index is 209. The van der Waals surface area contributed by atoms with Crippen LogP contribution >= 0.6 is 0 Å². The fraction of sp³-hybridized carbons (Fsp3) is 0.500. The van der Waals surface area contributed by atoms with Gasteiger partial charge in [0.25, 0.3) is 0 Å². The molecule has 0 radical (unpaired) electrons. The molecular weight excluding hydrogens is 132 g/mol. The molecule has 4 nitrogen and oxygen atoms in total. The molecule has 0 amide bonds. The van der Waals surface area contributed by atoms with Crippen LogP contribution in [-0.2, 0) is 0 Å². The van der Waals surface area contributed by atoms with Crippen LogP contribution in [0.15, 0.2) is 10.6 Å². The maximum absolute atomic E-state index is 9.08. The summed E-state index contributed by atoms with van der Waals surface area (Å²) in [7, 11) is 0. The second-order valence-electron chi connectivity index (χ2n) is 2.12. The quantitative estimate of drug-likeness (QED) is 0.608. The first-order valence-electron chi connectivity index (χ1n) is 3.05. The van der Waals surface area contributed by atoms with Crippen LogP contribution < -0.4 is 5.73 Å². The molecule has 1 aromatic heterocycles. The van der Waals surface area contributed by atoms with E-state index in [2.05, 4.69) is 5.16 Å². The van der Waals surface area contributed by atoms with E-state index >= 15 is 0 Å². The fourth-order valence-corrected chi connectivity index (χ4v) is 0.656. The number of aryl methyl sites for hydroxylation is 1. The molecule has 0 spiro atoms. The van der Waals surface area contributed by atoms with Crippen LogP contribution in [0.5, 0.6) is 0 Å². The molecule has 0 saturated carbocycles. The molecule has 0 aliphatic rings. The standard InChI is InChI=1S/C6H10N2O2/c1-4-2-6(10-8-4)5(9)3-7/h2,5,9H,3,7H2,1H3. The van der Waals surface area contributed by atoms with E-state index in [-0.39, 0.29) is 6.54 Å². The van der Waals surface area contributed by atoms with Crippen molar-refractivity contribution >= 4 is 0 Å². The lowest BCUT2D eigenvalue weighted by Crippen LogP contribution is -2.10. The zero-order chi connectivity index (χ0) is 7.56. The Kier molecular flexibility index (Phi) is 2.03. The third-order valence-corrected chi connectivity index (χ3v) is 1.20. The zero-order valence-corrected chi connectivity index (χ0v) is 5.74. The molecule has 3 N–H and O–H groups in total. The summed E-state index contributed by atoms with van der Waals surface area (Å²) in [5, 5.41) is 12.7.